The second-order valence-electron chi connectivity index (χ2n) is 7.08. The van der Waals surface area contributed by atoms with Crippen LogP contribution in [0.1, 0.15) is 47.1 Å². The zero-order valence-electron chi connectivity index (χ0n) is 16.0. The van der Waals surface area contributed by atoms with Gasteiger partial charge in [0.1, 0.15) is 0 Å². The molecule has 1 fully saturated rings. The van der Waals surface area contributed by atoms with Crippen LogP contribution in [0, 0.1) is 0 Å². The van der Waals surface area contributed by atoms with Crippen LogP contribution in [0.4, 0.5) is 8.78 Å². The summed E-state index contributed by atoms with van der Waals surface area (Å²) in [5.41, 5.74) is -4.65. The first-order chi connectivity index (χ1) is 11.9. The summed E-state index contributed by atoms with van der Waals surface area (Å²) >= 11 is 0. The van der Waals surface area contributed by atoms with Crippen molar-refractivity contribution in [2.75, 3.05) is 13.2 Å². The lowest BCUT2D eigenvalue weighted by Crippen LogP contribution is -2.41. The molecule has 1 saturated heterocycles. The molecule has 146 valence electrons. The van der Waals surface area contributed by atoms with Gasteiger partial charge in [0.05, 0.1) is 24.4 Å². The van der Waals surface area contributed by atoms with Crippen molar-refractivity contribution in [3.8, 4) is 0 Å². The number of hydrogen-bond donors (Lipinski definition) is 0. The first kappa shape index (κ1) is 21.5. The van der Waals surface area contributed by atoms with Gasteiger partial charge in [-0.05, 0) is 47.0 Å². The highest BCUT2D eigenvalue weighted by Gasteiger charge is 2.55. The van der Waals surface area contributed by atoms with E-state index in [9.17, 15) is 13.3 Å². The van der Waals surface area contributed by atoms with Gasteiger partial charge in [-0.15, -0.1) is 0 Å². The number of hydrogen-bond acceptors (Lipinski definition) is 5. The van der Waals surface area contributed by atoms with Crippen molar-refractivity contribution in [3.05, 3.63) is 29.8 Å². The molecule has 26 heavy (non-hydrogen) atoms. The lowest BCUT2D eigenvalue weighted by Gasteiger charge is -2.32. The maximum absolute atomic E-state index is 14.8. The van der Waals surface area contributed by atoms with E-state index in [1.165, 1.54) is 38.1 Å². The van der Waals surface area contributed by atoms with E-state index in [2.05, 4.69) is 0 Å². The fraction of sp³-hybridized carbons (Fsp3) is 0.647. The summed E-state index contributed by atoms with van der Waals surface area (Å²) in [6.45, 7) is 10.3. The summed E-state index contributed by atoms with van der Waals surface area (Å²) in [5.74, 6) is 0. The van der Waals surface area contributed by atoms with Crippen LogP contribution in [0.15, 0.2) is 24.3 Å². The smallest absolute Gasteiger partial charge is 0.399 e. The highest BCUT2D eigenvalue weighted by atomic mass is 31.2. The van der Waals surface area contributed by atoms with Crippen molar-refractivity contribution in [2.24, 2.45) is 0 Å². The van der Waals surface area contributed by atoms with E-state index < -0.39 is 37.1 Å². The van der Waals surface area contributed by atoms with Gasteiger partial charge in [0.2, 0.25) is 0 Å². The van der Waals surface area contributed by atoms with Gasteiger partial charge < -0.3 is 18.4 Å². The minimum absolute atomic E-state index is 0.140. The third-order valence-corrected chi connectivity index (χ3v) is 6.87. The van der Waals surface area contributed by atoms with Crippen molar-refractivity contribution in [3.63, 3.8) is 0 Å². The Bertz CT molecular complexity index is 652. The average Bonchev–Trinajstić information content (AvgIpc) is 2.76. The molecule has 0 atom stereocenters. The van der Waals surface area contributed by atoms with Crippen molar-refractivity contribution < 1.29 is 31.7 Å². The van der Waals surface area contributed by atoms with Crippen LogP contribution in [0.25, 0.3) is 0 Å². The van der Waals surface area contributed by atoms with Crippen molar-refractivity contribution in [2.45, 2.75) is 58.4 Å². The molecule has 0 spiro atoms. The van der Waals surface area contributed by atoms with Crippen LogP contribution in [0.2, 0.25) is 0 Å². The SMILES string of the molecule is CCOP(=O)(OCC)C(F)(F)c1ccc(B2OC(C)(C)C(C)(C)O2)cc1. The Hall–Kier alpha value is -0.785. The van der Waals surface area contributed by atoms with Gasteiger partial charge in [-0.3, -0.25) is 4.57 Å². The summed E-state index contributed by atoms with van der Waals surface area (Å²) in [7, 11) is -5.28. The minimum Gasteiger partial charge on any atom is -0.399 e. The Morgan fingerprint density at radius 1 is 1.00 bits per heavy atom. The molecular formula is C17H26BF2O5P. The highest BCUT2D eigenvalue weighted by molar-refractivity contribution is 7.54. The predicted octanol–water partition coefficient (Wildman–Crippen LogP) is 4.30. The molecule has 1 aliphatic rings. The monoisotopic (exact) mass is 390 g/mol. The van der Waals surface area contributed by atoms with E-state index in [4.69, 9.17) is 18.4 Å². The molecule has 5 nitrogen and oxygen atoms in total. The predicted molar refractivity (Wildman–Crippen MR) is 96.9 cm³/mol. The second-order valence-corrected chi connectivity index (χ2v) is 9.16. The van der Waals surface area contributed by atoms with Gasteiger partial charge in [0.25, 0.3) is 0 Å². The maximum atomic E-state index is 14.8. The fourth-order valence-electron chi connectivity index (χ4n) is 2.52. The normalized spacial score (nSPS) is 19.8. The van der Waals surface area contributed by atoms with Gasteiger partial charge in [-0.2, -0.15) is 8.78 Å². The highest BCUT2D eigenvalue weighted by Crippen LogP contribution is 2.66. The standard InChI is InChI=1S/C17H26BF2O5P/c1-7-22-26(21,23-8-2)17(19,20)13-9-11-14(12-10-13)18-24-15(3,4)16(5,6)25-18/h9-12H,7-8H2,1-6H3. The van der Waals surface area contributed by atoms with E-state index in [1.54, 1.807) is 0 Å². The number of alkyl halides is 2. The molecule has 0 unspecified atom stereocenters. The molecular weight excluding hydrogens is 364 g/mol. The van der Waals surface area contributed by atoms with Crippen LogP contribution in [-0.4, -0.2) is 31.5 Å². The molecule has 1 aliphatic heterocycles. The van der Waals surface area contributed by atoms with Gasteiger partial charge in [0, 0.05) is 5.56 Å². The summed E-state index contributed by atoms with van der Waals surface area (Å²) < 4.78 is 63.4. The zero-order valence-corrected chi connectivity index (χ0v) is 16.9. The number of rotatable bonds is 7. The fourth-order valence-corrected chi connectivity index (χ4v) is 4.06. The van der Waals surface area contributed by atoms with Crippen molar-refractivity contribution in [1.82, 2.24) is 0 Å². The van der Waals surface area contributed by atoms with Crippen molar-refractivity contribution >= 4 is 20.2 Å². The van der Waals surface area contributed by atoms with Crippen LogP contribution in [-0.2, 0) is 28.6 Å². The zero-order chi connectivity index (χ0) is 19.8. The molecule has 9 heteroatoms. The maximum Gasteiger partial charge on any atom is 0.494 e. The van der Waals surface area contributed by atoms with Gasteiger partial charge in [-0.1, -0.05) is 24.3 Å². The van der Waals surface area contributed by atoms with Crippen LogP contribution in [0.5, 0.6) is 0 Å². The molecule has 1 aromatic carbocycles. The summed E-state index contributed by atoms with van der Waals surface area (Å²) in [4.78, 5) is 0. The Kier molecular flexibility index (Phi) is 6.06. The third kappa shape index (κ3) is 3.76. The largest absolute Gasteiger partial charge is 0.494 e. The van der Waals surface area contributed by atoms with E-state index >= 15 is 0 Å². The average molecular weight is 390 g/mol. The first-order valence-electron chi connectivity index (χ1n) is 8.63. The van der Waals surface area contributed by atoms with E-state index in [1.807, 2.05) is 27.7 Å². The molecule has 1 aromatic rings. The quantitative estimate of drug-likeness (QED) is 0.513. The van der Waals surface area contributed by atoms with Crippen LogP contribution < -0.4 is 5.46 Å². The molecule has 1 heterocycles. The molecule has 0 radical (unpaired) electrons. The van der Waals surface area contributed by atoms with E-state index in [0.717, 1.165) is 0 Å². The number of halogens is 2. The summed E-state index contributed by atoms with van der Waals surface area (Å²) in [6, 6.07) is 5.36. The molecule has 2 rings (SSSR count). The molecule has 0 bridgehead atoms. The van der Waals surface area contributed by atoms with Crippen LogP contribution >= 0.6 is 7.60 Å². The molecule has 0 amide bonds. The lowest BCUT2D eigenvalue weighted by atomic mass is 9.79. The summed E-state index contributed by atoms with van der Waals surface area (Å²) in [5, 5.41) is 0. The van der Waals surface area contributed by atoms with Gasteiger partial charge in [-0.25, -0.2) is 0 Å². The molecule has 0 aliphatic carbocycles. The molecule has 0 aromatic heterocycles. The first-order valence-corrected chi connectivity index (χ1v) is 10.2. The minimum atomic E-state index is -4.62. The lowest BCUT2D eigenvalue weighted by molar-refractivity contribution is 0.00578. The Morgan fingerprint density at radius 2 is 1.42 bits per heavy atom. The molecule has 0 N–H and O–H groups in total. The summed E-state index contributed by atoms with van der Waals surface area (Å²) in [6.07, 6.45) is 0. The van der Waals surface area contributed by atoms with E-state index in [-0.39, 0.29) is 13.2 Å². The second kappa shape index (κ2) is 7.32. The Morgan fingerprint density at radius 3 is 1.81 bits per heavy atom. The third-order valence-electron chi connectivity index (χ3n) is 4.73. The Labute approximate surface area is 154 Å². The van der Waals surface area contributed by atoms with Crippen LogP contribution in [0.3, 0.4) is 0 Å². The Balaban J connectivity index is 2.28. The van der Waals surface area contributed by atoms with Crippen molar-refractivity contribution in [1.29, 1.82) is 0 Å². The number of benzene rings is 1. The van der Waals surface area contributed by atoms with E-state index in [0.29, 0.717) is 5.46 Å². The molecule has 0 saturated carbocycles. The topological polar surface area (TPSA) is 54.0 Å². The van der Waals surface area contributed by atoms with Gasteiger partial charge >= 0.3 is 20.4 Å². The van der Waals surface area contributed by atoms with Gasteiger partial charge in [0.15, 0.2) is 0 Å².